The third-order valence-corrected chi connectivity index (χ3v) is 6.94. The first-order valence-electron chi connectivity index (χ1n) is 11.8. The van der Waals surface area contributed by atoms with Crippen molar-refractivity contribution in [3.05, 3.63) is 120 Å². The molecular weight excluding hydrogens is 613 g/mol. The van der Waals surface area contributed by atoms with Gasteiger partial charge in [0.25, 0.3) is 0 Å². The van der Waals surface area contributed by atoms with E-state index in [9.17, 15) is 0 Å². The fourth-order valence-electron chi connectivity index (χ4n) is 5.31. The predicted octanol–water partition coefficient (Wildman–Crippen LogP) is 5.58. The monoisotopic (exact) mass is 636 g/mol. The number of anilines is 2. The van der Waals surface area contributed by atoms with Crippen molar-refractivity contribution >= 4 is 11.5 Å². The molecule has 0 radical (unpaired) electrons. The van der Waals surface area contributed by atoms with E-state index < -0.39 is 0 Å². The largest absolute Gasteiger partial charge is 2.00 e. The fourth-order valence-corrected chi connectivity index (χ4v) is 5.31. The Hall–Kier alpha value is -3.43. The van der Waals surface area contributed by atoms with Crippen LogP contribution in [0.2, 0.25) is 0 Å². The van der Waals surface area contributed by atoms with E-state index in [1.165, 1.54) is 22.5 Å². The summed E-state index contributed by atoms with van der Waals surface area (Å²) in [7, 11) is 0. The summed E-state index contributed by atoms with van der Waals surface area (Å²) in [5, 5.41) is 10.1. The molecule has 0 saturated carbocycles. The van der Waals surface area contributed by atoms with E-state index in [4.69, 9.17) is 10.2 Å². The van der Waals surface area contributed by atoms with Gasteiger partial charge in [-0.25, -0.2) is 0 Å². The van der Waals surface area contributed by atoms with E-state index in [1.54, 1.807) is 0 Å². The van der Waals surface area contributed by atoms with E-state index in [0.717, 1.165) is 48.6 Å². The number of fused-ring (bicyclic) bond motifs is 4. The van der Waals surface area contributed by atoms with Crippen LogP contribution >= 0.6 is 0 Å². The summed E-state index contributed by atoms with van der Waals surface area (Å²) < 4.78 is 4.00. The Bertz CT molecular complexity index is 1490. The van der Waals surface area contributed by atoms with Gasteiger partial charge < -0.3 is 4.90 Å². The molecule has 0 bridgehead atoms. The second-order valence-corrected chi connectivity index (χ2v) is 8.94. The van der Waals surface area contributed by atoms with Crippen LogP contribution in [0.25, 0.3) is 11.4 Å². The minimum atomic E-state index is 0. The second kappa shape index (κ2) is 8.98. The van der Waals surface area contributed by atoms with Crippen molar-refractivity contribution in [1.29, 1.82) is 0 Å². The van der Waals surface area contributed by atoms with Crippen molar-refractivity contribution in [1.82, 2.24) is 19.6 Å². The SMILES string of the molecule is [Pt+2].[c-]1ccccc1-n1ccc(C2CCc3ccccc3N2c2cc3n(n2)-c2[c-]cccc2CC3)n1. The molecule has 0 saturated heterocycles. The van der Waals surface area contributed by atoms with Gasteiger partial charge in [0.2, 0.25) is 0 Å². The van der Waals surface area contributed by atoms with Crippen LogP contribution in [0.15, 0.2) is 85.1 Å². The van der Waals surface area contributed by atoms with Crippen LogP contribution < -0.4 is 4.90 Å². The maximum Gasteiger partial charge on any atom is 2.00 e. The van der Waals surface area contributed by atoms with Gasteiger partial charge in [-0.1, -0.05) is 24.6 Å². The molecular formula is C29H23N5Pt. The Kier molecular flexibility index (Phi) is 5.66. The van der Waals surface area contributed by atoms with Crippen molar-refractivity contribution in [2.75, 3.05) is 4.90 Å². The van der Waals surface area contributed by atoms with Crippen LogP contribution in [0.5, 0.6) is 0 Å². The van der Waals surface area contributed by atoms with Gasteiger partial charge in [0.05, 0.1) is 11.7 Å². The molecule has 0 fully saturated rings. The van der Waals surface area contributed by atoms with E-state index in [2.05, 4.69) is 70.2 Å². The molecule has 4 heterocycles. The third-order valence-electron chi connectivity index (χ3n) is 6.94. The molecule has 174 valence electrons. The van der Waals surface area contributed by atoms with E-state index in [1.807, 2.05) is 41.2 Å². The molecule has 0 spiro atoms. The standard InChI is InChI=1S/C29H23N5.Pt/c1-2-10-23(11-3-1)32-19-18-25(30-32)28-17-15-21-8-4-6-12-26(21)33(28)29-20-24-16-14-22-9-5-7-13-27(22)34(24)31-29;/h1-10,12,18-20,28H,14-17H2;/q-2;+2. The number of para-hydroxylation sites is 3. The van der Waals surface area contributed by atoms with Crippen molar-refractivity contribution in [3.63, 3.8) is 0 Å². The zero-order chi connectivity index (χ0) is 22.5. The van der Waals surface area contributed by atoms with Crippen LogP contribution in [0.1, 0.15) is 35.0 Å². The molecule has 1 unspecified atom stereocenters. The number of rotatable bonds is 3. The molecule has 1 atom stereocenters. The Morgan fingerprint density at radius 1 is 0.800 bits per heavy atom. The van der Waals surface area contributed by atoms with Gasteiger partial charge >= 0.3 is 21.1 Å². The summed E-state index contributed by atoms with van der Waals surface area (Å²) in [6.07, 6.45) is 6.04. The summed E-state index contributed by atoms with van der Waals surface area (Å²) in [6.45, 7) is 0. The average molecular weight is 637 g/mol. The summed E-state index contributed by atoms with van der Waals surface area (Å²) in [6, 6.07) is 34.0. The van der Waals surface area contributed by atoms with Gasteiger partial charge in [-0.15, -0.1) is 11.6 Å². The van der Waals surface area contributed by atoms with Crippen LogP contribution in [0.3, 0.4) is 0 Å². The topological polar surface area (TPSA) is 38.9 Å². The number of benzene rings is 3. The van der Waals surface area contributed by atoms with E-state index in [-0.39, 0.29) is 27.1 Å². The number of aromatic nitrogens is 4. The molecule has 35 heavy (non-hydrogen) atoms. The minimum absolute atomic E-state index is 0. The molecule has 0 aliphatic carbocycles. The fraction of sp³-hybridized carbons (Fsp3) is 0.172. The van der Waals surface area contributed by atoms with Crippen molar-refractivity contribution in [2.45, 2.75) is 31.7 Å². The molecule has 0 N–H and O–H groups in total. The molecule has 2 aromatic heterocycles. The van der Waals surface area contributed by atoms with E-state index in [0.29, 0.717) is 0 Å². The van der Waals surface area contributed by atoms with E-state index >= 15 is 0 Å². The predicted molar refractivity (Wildman–Crippen MR) is 132 cm³/mol. The first-order valence-corrected chi connectivity index (χ1v) is 11.8. The van der Waals surface area contributed by atoms with Gasteiger partial charge in [-0.2, -0.15) is 58.7 Å². The quantitative estimate of drug-likeness (QED) is 0.243. The third kappa shape index (κ3) is 3.75. The van der Waals surface area contributed by atoms with Crippen LogP contribution in [-0.4, -0.2) is 19.6 Å². The van der Waals surface area contributed by atoms with Gasteiger partial charge in [0.1, 0.15) is 0 Å². The van der Waals surface area contributed by atoms with Crippen LogP contribution in [0.4, 0.5) is 11.5 Å². The second-order valence-electron chi connectivity index (χ2n) is 8.94. The molecule has 0 amide bonds. The maximum atomic E-state index is 5.13. The van der Waals surface area contributed by atoms with Crippen LogP contribution in [-0.2, 0) is 40.3 Å². The normalized spacial score (nSPS) is 16.1. The van der Waals surface area contributed by atoms with Gasteiger partial charge in [0, 0.05) is 23.6 Å². The van der Waals surface area contributed by atoms with Crippen molar-refractivity contribution < 1.29 is 21.1 Å². The number of hydrogen-bond acceptors (Lipinski definition) is 3. The number of nitrogens with zero attached hydrogens (tertiary/aromatic N) is 5. The van der Waals surface area contributed by atoms with Gasteiger partial charge in [0.15, 0.2) is 5.82 Å². The van der Waals surface area contributed by atoms with Crippen molar-refractivity contribution in [3.8, 4) is 11.4 Å². The molecule has 7 rings (SSSR count). The smallest absolute Gasteiger partial charge is 0.315 e. The van der Waals surface area contributed by atoms with Gasteiger partial charge in [-0.05, 0) is 48.3 Å². The maximum absolute atomic E-state index is 5.13. The number of hydrogen-bond donors (Lipinski definition) is 0. The molecule has 3 aromatic carbocycles. The van der Waals surface area contributed by atoms with Gasteiger partial charge in [-0.3, -0.25) is 9.36 Å². The zero-order valence-corrected chi connectivity index (χ0v) is 21.3. The van der Waals surface area contributed by atoms with Crippen LogP contribution in [0, 0.1) is 12.1 Å². The molecule has 2 aliphatic heterocycles. The average Bonchev–Trinajstić information content (AvgIpc) is 3.56. The molecule has 6 heteroatoms. The molecule has 5 nitrogen and oxygen atoms in total. The summed E-state index contributed by atoms with van der Waals surface area (Å²) >= 11 is 0. The number of aryl methyl sites for hydroxylation is 3. The Labute approximate surface area is 219 Å². The Balaban J connectivity index is 0.00000229. The summed E-state index contributed by atoms with van der Waals surface area (Å²) in [5.41, 5.74) is 8.17. The first-order chi connectivity index (χ1) is 16.8. The van der Waals surface area contributed by atoms with Crippen molar-refractivity contribution in [2.24, 2.45) is 0 Å². The summed E-state index contributed by atoms with van der Waals surface area (Å²) in [4.78, 5) is 2.38. The molecule has 2 aliphatic rings. The minimum Gasteiger partial charge on any atom is -0.315 e. The zero-order valence-electron chi connectivity index (χ0n) is 19.0. The molecule has 5 aromatic rings. The summed E-state index contributed by atoms with van der Waals surface area (Å²) in [5.74, 6) is 0.970. The Morgan fingerprint density at radius 3 is 2.57 bits per heavy atom. The first kappa shape index (κ1) is 22.1. The Morgan fingerprint density at radius 2 is 1.66 bits per heavy atom.